The quantitative estimate of drug-likeness (QED) is 0.821. The first-order valence-corrected chi connectivity index (χ1v) is 6.66. The maximum atomic E-state index is 12.0. The molecule has 1 aliphatic carbocycles. The van der Waals surface area contributed by atoms with Gasteiger partial charge in [0.25, 0.3) is 0 Å². The number of carbonyl (C=O) groups is 1. The van der Waals surface area contributed by atoms with Crippen LogP contribution in [0.4, 0.5) is 0 Å². The maximum absolute atomic E-state index is 12.0. The molecule has 1 aliphatic rings. The van der Waals surface area contributed by atoms with Gasteiger partial charge in [0.2, 0.25) is 5.91 Å². The molecule has 0 saturated heterocycles. The number of carbonyl (C=O) groups excluding carboxylic acids is 1. The number of nitrogens with one attached hydrogen (secondary N) is 1. The minimum atomic E-state index is 0.0772. The van der Waals surface area contributed by atoms with Gasteiger partial charge in [-0.25, -0.2) is 0 Å². The van der Waals surface area contributed by atoms with E-state index in [1.165, 1.54) is 12.8 Å². The molecule has 1 aromatic rings. The van der Waals surface area contributed by atoms with Crippen molar-refractivity contribution < 1.29 is 4.79 Å². The largest absolute Gasteiger partial charge is 0.353 e. The first-order chi connectivity index (χ1) is 8.69. The fourth-order valence-corrected chi connectivity index (χ4v) is 2.69. The second-order valence-corrected chi connectivity index (χ2v) is 5.15. The van der Waals surface area contributed by atoms with E-state index in [1.54, 1.807) is 10.9 Å². The summed E-state index contributed by atoms with van der Waals surface area (Å²) in [6.07, 6.45) is 8.63. The lowest BCUT2D eigenvalue weighted by atomic mass is 9.84. The lowest BCUT2D eigenvalue weighted by Crippen LogP contribution is -2.45. The first kappa shape index (κ1) is 13.1. The lowest BCUT2D eigenvalue weighted by molar-refractivity contribution is -0.121. The van der Waals surface area contributed by atoms with Crippen molar-refractivity contribution >= 4 is 5.91 Å². The third kappa shape index (κ3) is 3.32. The molecule has 1 aromatic heterocycles. The highest BCUT2D eigenvalue weighted by Crippen LogP contribution is 2.23. The van der Waals surface area contributed by atoms with Crippen LogP contribution in [0, 0.1) is 5.92 Å². The molecule has 1 amide bonds. The highest BCUT2D eigenvalue weighted by atomic mass is 16.1. The van der Waals surface area contributed by atoms with Crippen LogP contribution in [0.3, 0.4) is 0 Å². The molecule has 1 heterocycles. The molecule has 3 N–H and O–H groups in total. The van der Waals surface area contributed by atoms with Crippen LogP contribution in [0.2, 0.25) is 0 Å². The third-order valence-corrected chi connectivity index (χ3v) is 3.68. The molecule has 5 nitrogen and oxygen atoms in total. The molecule has 1 fully saturated rings. The van der Waals surface area contributed by atoms with Gasteiger partial charge in [0.05, 0.1) is 12.6 Å². The Hall–Kier alpha value is -1.36. The number of hydrogen-bond acceptors (Lipinski definition) is 3. The second-order valence-electron chi connectivity index (χ2n) is 5.15. The SMILES string of the molecule is Cn1cc(CC(=O)NC2CCCCC2CN)cn1. The Labute approximate surface area is 108 Å². The topological polar surface area (TPSA) is 72.9 Å². The average molecular weight is 250 g/mol. The minimum absolute atomic E-state index is 0.0772. The van der Waals surface area contributed by atoms with Crippen LogP contribution >= 0.6 is 0 Å². The van der Waals surface area contributed by atoms with Gasteiger partial charge in [-0.1, -0.05) is 12.8 Å². The van der Waals surface area contributed by atoms with Crippen molar-refractivity contribution in [3.05, 3.63) is 18.0 Å². The standard InChI is InChI=1S/C13H22N4O/c1-17-9-10(8-15-17)6-13(18)16-12-5-3-2-4-11(12)7-14/h8-9,11-12H,2-7,14H2,1H3,(H,16,18). The molecule has 2 atom stereocenters. The van der Waals surface area contributed by atoms with Crippen LogP contribution in [-0.4, -0.2) is 28.3 Å². The first-order valence-electron chi connectivity index (χ1n) is 6.66. The van der Waals surface area contributed by atoms with Gasteiger partial charge in [-0.3, -0.25) is 9.48 Å². The smallest absolute Gasteiger partial charge is 0.224 e. The van der Waals surface area contributed by atoms with Crippen LogP contribution in [0.25, 0.3) is 0 Å². The number of aryl methyl sites for hydroxylation is 1. The number of amides is 1. The summed E-state index contributed by atoms with van der Waals surface area (Å²) in [5.41, 5.74) is 6.71. The molecule has 0 aromatic carbocycles. The monoisotopic (exact) mass is 250 g/mol. The number of aromatic nitrogens is 2. The van der Waals surface area contributed by atoms with Crippen LogP contribution in [0.15, 0.2) is 12.4 Å². The normalized spacial score (nSPS) is 23.9. The number of rotatable bonds is 4. The van der Waals surface area contributed by atoms with Crippen molar-refractivity contribution in [1.82, 2.24) is 15.1 Å². The van der Waals surface area contributed by atoms with Gasteiger partial charge in [0.1, 0.15) is 0 Å². The van der Waals surface area contributed by atoms with Gasteiger partial charge in [0, 0.05) is 19.3 Å². The molecule has 0 radical (unpaired) electrons. The molecule has 0 spiro atoms. The van der Waals surface area contributed by atoms with Crippen molar-refractivity contribution in [2.24, 2.45) is 18.7 Å². The van der Waals surface area contributed by atoms with E-state index in [9.17, 15) is 4.79 Å². The number of hydrogen-bond donors (Lipinski definition) is 2. The zero-order valence-corrected chi connectivity index (χ0v) is 10.9. The molecule has 0 aliphatic heterocycles. The van der Waals surface area contributed by atoms with Gasteiger partial charge in [-0.15, -0.1) is 0 Å². The summed E-state index contributed by atoms with van der Waals surface area (Å²) < 4.78 is 1.71. The van der Waals surface area contributed by atoms with Crippen molar-refractivity contribution in [3.8, 4) is 0 Å². The van der Waals surface area contributed by atoms with Crippen molar-refractivity contribution in [2.75, 3.05) is 6.54 Å². The molecule has 5 heteroatoms. The average Bonchev–Trinajstić information content (AvgIpc) is 2.75. The Morgan fingerprint density at radius 1 is 1.56 bits per heavy atom. The summed E-state index contributed by atoms with van der Waals surface area (Å²) in [6.45, 7) is 0.665. The molecule has 18 heavy (non-hydrogen) atoms. The summed E-state index contributed by atoms with van der Waals surface area (Å²) in [6, 6.07) is 0.257. The predicted octanol–water partition coefficient (Wildman–Crippen LogP) is 0.596. The number of nitrogens with zero attached hydrogens (tertiary/aromatic N) is 2. The van der Waals surface area contributed by atoms with E-state index in [0.29, 0.717) is 18.9 Å². The molecule has 2 rings (SSSR count). The molecule has 0 bridgehead atoms. The fraction of sp³-hybridized carbons (Fsp3) is 0.692. The van der Waals surface area contributed by atoms with Crippen molar-refractivity contribution in [3.63, 3.8) is 0 Å². The fourth-order valence-electron chi connectivity index (χ4n) is 2.69. The van der Waals surface area contributed by atoms with E-state index >= 15 is 0 Å². The molecule has 2 unspecified atom stereocenters. The van der Waals surface area contributed by atoms with Crippen LogP contribution in [0.5, 0.6) is 0 Å². The highest BCUT2D eigenvalue weighted by molar-refractivity contribution is 5.78. The van der Waals surface area contributed by atoms with Crippen LogP contribution < -0.4 is 11.1 Å². The molecular formula is C13H22N4O. The Morgan fingerprint density at radius 2 is 2.33 bits per heavy atom. The van der Waals surface area contributed by atoms with E-state index in [-0.39, 0.29) is 11.9 Å². The Morgan fingerprint density at radius 3 is 3.00 bits per heavy atom. The van der Waals surface area contributed by atoms with E-state index in [0.717, 1.165) is 18.4 Å². The van der Waals surface area contributed by atoms with Gasteiger partial charge in [-0.05, 0) is 30.9 Å². The maximum Gasteiger partial charge on any atom is 0.224 e. The number of nitrogens with two attached hydrogens (primary N) is 1. The van der Waals surface area contributed by atoms with Crippen molar-refractivity contribution in [1.29, 1.82) is 0 Å². The van der Waals surface area contributed by atoms with E-state index in [4.69, 9.17) is 5.73 Å². The summed E-state index contributed by atoms with van der Waals surface area (Å²) in [5.74, 6) is 0.518. The van der Waals surface area contributed by atoms with E-state index < -0.39 is 0 Å². The molecule has 1 saturated carbocycles. The lowest BCUT2D eigenvalue weighted by Gasteiger charge is -2.31. The van der Waals surface area contributed by atoms with Gasteiger partial charge in [0.15, 0.2) is 0 Å². The minimum Gasteiger partial charge on any atom is -0.353 e. The summed E-state index contributed by atoms with van der Waals surface area (Å²) in [7, 11) is 1.85. The van der Waals surface area contributed by atoms with Crippen LogP contribution in [0.1, 0.15) is 31.2 Å². The summed E-state index contributed by atoms with van der Waals surface area (Å²) in [5, 5.41) is 7.19. The Bertz CT molecular complexity index is 401. The second kappa shape index (κ2) is 6.00. The Kier molecular flexibility index (Phi) is 4.36. The zero-order valence-electron chi connectivity index (χ0n) is 10.9. The van der Waals surface area contributed by atoms with Gasteiger partial charge in [-0.2, -0.15) is 5.10 Å². The predicted molar refractivity (Wildman–Crippen MR) is 69.9 cm³/mol. The summed E-state index contributed by atoms with van der Waals surface area (Å²) >= 11 is 0. The molecule has 100 valence electrons. The van der Waals surface area contributed by atoms with Gasteiger partial charge < -0.3 is 11.1 Å². The van der Waals surface area contributed by atoms with Crippen molar-refractivity contribution in [2.45, 2.75) is 38.1 Å². The van der Waals surface area contributed by atoms with E-state index in [2.05, 4.69) is 10.4 Å². The van der Waals surface area contributed by atoms with Gasteiger partial charge >= 0.3 is 0 Å². The zero-order chi connectivity index (χ0) is 13.0. The Balaban J connectivity index is 1.86. The summed E-state index contributed by atoms with van der Waals surface area (Å²) in [4.78, 5) is 12.0. The highest BCUT2D eigenvalue weighted by Gasteiger charge is 2.25. The molecular weight excluding hydrogens is 228 g/mol. The van der Waals surface area contributed by atoms with Crippen LogP contribution in [-0.2, 0) is 18.3 Å². The third-order valence-electron chi connectivity index (χ3n) is 3.68. The van der Waals surface area contributed by atoms with E-state index in [1.807, 2.05) is 13.2 Å².